The van der Waals surface area contributed by atoms with Gasteiger partial charge in [0, 0.05) is 62.4 Å². The number of nitrogens with zero attached hydrogens (tertiary/aromatic N) is 10. The van der Waals surface area contributed by atoms with Crippen molar-refractivity contribution in [2.45, 2.75) is 195 Å². The molecule has 0 radical (unpaired) electrons. The predicted octanol–water partition coefficient (Wildman–Crippen LogP) is 5.89. The van der Waals surface area contributed by atoms with Crippen molar-refractivity contribution in [2.75, 3.05) is 116 Å². The molecular weight excluding hydrogens is 1680 g/mol. The van der Waals surface area contributed by atoms with E-state index in [9.17, 15) is 55.2 Å². The molecule has 18 N–H and O–H groups in total. The van der Waals surface area contributed by atoms with Gasteiger partial charge in [-0.05, 0) is 171 Å². The quantitative estimate of drug-likeness (QED) is 0.00891. The maximum Gasteiger partial charge on any atom is 0.516 e. The third-order valence-electron chi connectivity index (χ3n) is 22.1. The van der Waals surface area contributed by atoms with Gasteiger partial charge in [-0.15, -0.1) is 58.7 Å². The Kier molecular flexibility index (Phi) is 37.5. The number of unbranched alkanes of at least 4 members (excludes halogenated alkanes) is 2. The molecule has 1 aliphatic carbocycles. The van der Waals surface area contributed by atoms with Crippen LogP contribution >= 0.6 is 27.5 Å². The predicted molar refractivity (Wildman–Crippen MR) is 500 cm³/mol. The highest BCUT2D eigenvalue weighted by Crippen LogP contribution is 2.47. The van der Waals surface area contributed by atoms with E-state index in [1.165, 1.54) is 0 Å². The normalized spacial score (nSPS) is 26.3. The highest BCUT2D eigenvalue weighted by molar-refractivity contribution is 7.73. The Morgan fingerprint density at radius 3 is 1.30 bits per heavy atom. The van der Waals surface area contributed by atoms with E-state index in [0.29, 0.717) is 112 Å². The monoisotopic (exact) mass is 1810 g/mol. The lowest BCUT2D eigenvalue weighted by atomic mass is 9.98. The van der Waals surface area contributed by atoms with Crippen molar-refractivity contribution in [3.05, 3.63) is 144 Å². The van der Waals surface area contributed by atoms with E-state index in [0.717, 1.165) is 53.3 Å². The highest BCUT2D eigenvalue weighted by atomic mass is 31.2. The van der Waals surface area contributed by atoms with Crippen LogP contribution in [0.1, 0.15) is 121 Å². The van der Waals surface area contributed by atoms with Crippen molar-refractivity contribution in [3.8, 4) is 23.0 Å². The lowest BCUT2D eigenvalue weighted by molar-refractivity contribution is -0.144. The number of nitrogen functional groups attached to an aromatic ring is 2. The molecule has 690 valence electrons. The van der Waals surface area contributed by atoms with Crippen molar-refractivity contribution in [3.63, 3.8) is 0 Å². The van der Waals surface area contributed by atoms with E-state index in [1.54, 1.807) is 76.6 Å². The molecule has 0 bridgehead atoms. The summed E-state index contributed by atoms with van der Waals surface area (Å²) in [5.41, 5.74) is 29.5. The summed E-state index contributed by atoms with van der Waals surface area (Å²) in [5.74, 6) is 4.96. The first-order chi connectivity index (χ1) is 58.7. The Labute approximate surface area is 734 Å². The van der Waals surface area contributed by atoms with Crippen LogP contribution in [0.3, 0.4) is 0 Å². The van der Waals surface area contributed by atoms with Gasteiger partial charge < -0.3 is 112 Å². The van der Waals surface area contributed by atoms with E-state index >= 15 is 0 Å². The van der Waals surface area contributed by atoms with Gasteiger partial charge in [0.2, 0.25) is 11.2 Å². The van der Waals surface area contributed by atoms with Crippen LogP contribution in [0.25, 0.3) is 11.1 Å². The standard InChI is InChI=1S/C35H45N4O7P.C20H35N4O5P.C17H26N3O3P.C16H28N3O4P/c1-22(33(42)46-35(43)44-21-27-25-14-7-5-12-23(25)24-13-6-8-15-26(24)27)11-9-10-18-37-34-38-29(36)16-19-39(34)32-31(41)30(40)28(45-32)17-20-47(2,3)4;1-13(19(27)28)7-5-6-10-22-20-23-15(21)8-11-24(20)18-17(26)16(25)14(29-18)9-12-30(2,3)4;1-6-7-12-10-20(11(2)19-16(12)18)17-15(22)14(21)13(23-17)8-9-24(3,4)5;1-10-18-15(17)11(5-7-20)9-19(10)16-14(22)13(21)12(23-16)6-8-24(2,3)4/h5-8,12-16,19,22,27-28,30-32,40-41H,2,9-11,17-18,20-21H2,1,3-4H3,(H2,36,37,38);8,11,13-14,16-18,25-26H,2,5-7,9-10,12H2,1,3-4H3,(H,27,28)(H2,21,22,23);10,13-15,17,21-22H,2-3,8-9H2,1,4-5H3,(H2,18,19);9,12-14,16,20-22H,1-2,5-8H2,3-4H3,(H2,17,18)/t22?,28-,30-,31-,32-;13?,14-,16-,17-,18-;13-,14-,15-,17-;12-,13-,14-,16-/m1111/s1. The van der Waals surface area contributed by atoms with Crippen LogP contribution in [-0.4, -0.2) is 325 Å². The Morgan fingerprint density at radius 1 is 0.536 bits per heavy atom. The van der Waals surface area contributed by atoms with Gasteiger partial charge in [0.15, 0.2) is 24.9 Å². The maximum atomic E-state index is 12.6. The van der Waals surface area contributed by atoms with Gasteiger partial charge in [0.1, 0.15) is 90.4 Å². The Hall–Kier alpha value is -8.05. The molecule has 33 nitrogen and oxygen atoms in total. The molecule has 2 unspecified atom stereocenters. The fourth-order valence-corrected chi connectivity index (χ4v) is 18.6. The number of esters is 1. The minimum absolute atomic E-state index is 0.0655. The van der Waals surface area contributed by atoms with E-state index in [4.69, 9.17) is 61.6 Å². The minimum atomic E-state index is -1.32. The first kappa shape index (κ1) is 102. The molecule has 7 aliphatic rings. The average molecular weight is 1820 g/mol. The van der Waals surface area contributed by atoms with Gasteiger partial charge in [-0.1, -0.05) is 94.3 Å². The lowest BCUT2D eigenvalue weighted by Crippen LogP contribution is -2.42. The number of aliphatic hydroxyl groups excluding tert-OH is 9. The highest BCUT2D eigenvalue weighted by Gasteiger charge is 2.49. The zero-order chi connectivity index (χ0) is 92.3. The number of aromatic nitrogens is 4. The number of carbonyl (C=O) groups excluding carboxylic acids is 2. The van der Waals surface area contributed by atoms with Crippen LogP contribution < -0.4 is 34.2 Å². The van der Waals surface area contributed by atoms with E-state index in [1.807, 2.05) is 36.4 Å². The molecule has 11 rings (SSSR count). The summed E-state index contributed by atoms with van der Waals surface area (Å²) >= 11 is 0. The SMILES string of the molecule is C=C1N=C(N)C(C#CC)=CN1[C@@H]1O[C@H](CCP(=C)(C)C)[C@@H](O)[C@H]1O.C=C1N=C(N)C(CCO)=CN1[C@@H]1O[C@H](CCP(=C)(C)C)[C@@H](O)[C@H]1O.C=P(C)(C)CC[C@H]1O[C@@H](n2ccc(N)nc2=NCCCCC(C)C(=O)O)[C@H](O)[C@@H]1O.C=P(C)(C)CC[C@H]1O[C@@H](n2ccc(N)nc2=NCCCCC(C)C(=O)OC(=O)OCC2c3ccccc3-c3ccccc32)[C@H](O)[C@@H]1O. The van der Waals surface area contributed by atoms with Crippen LogP contribution in [0.15, 0.2) is 141 Å². The number of aliphatic hydroxyl groups is 9. The molecule has 0 saturated carbocycles. The number of benzene rings is 2. The largest absolute Gasteiger partial charge is 0.516 e. The van der Waals surface area contributed by atoms with Crippen molar-refractivity contribution < 1.29 is 93.9 Å². The van der Waals surface area contributed by atoms with E-state index < -0.39 is 150 Å². The van der Waals surface area contributed by atoms with Crippen LogP contribution in [0, 0.1) is 23.7 Å². The number of hydrogen-bond donors (Lipinski definition) is 14. The van der Waals surface area contributed by atoms with E-state index in [-0.39, 0.29) is 48.1 Å². The summed E-state index contributed by atoms with van der Waals surface area (Å²) in [6.07, 6.45) is 18.8. The van der Waals surface area contributed by atoms with Gasteiger partial charge in [-0.2, -0.15) is 9.97 Å². The number of nitrogens with two attached hydrogens (primary N) is 4. The van der Waals surface area contributed by atoms with Crippen LogP contribution in [0.2, 0.25) is 0 Å². The number of ether oxygens (including phenoxy) is 6. The molecule has 18 atom stereocenters. The number of amidine groups is 2. The van der Waals surface area contributed by atoms with Crippen LogP contribution in [0.4, 0.5) is 16.4 Å². The average Bonchev–Trinajstić information content (AvgIpc) is 1.65. The zero-order valence-corrected chi connectivity index (χ0v) is 77.5. The molecule has 2 aromatic carbocycles. The molecule has 8 heterocycles. The Morgan fingerprint density at radius 2 is 0.912 bits per heavy atom. The first-order valence-corrected chi connectivity index (χ1v) is 54.3. The molecule has 125 heavy (non-hydrogen) atoms. The fourth-order valence-electron chi connectivity index (χ4n) is 14.8. The summed E-state index contributed by atoms with van der Waals surface area (Å²) in [7, 11) is 0. The van der Waals surface area contributed by atoms with Crippen molar-refractivity contribution in [1.82, 2.24) is 28.9 Å². The number of carboxylic acid groups (broad SMARTS) is 1. The number of carboxylic acids is 1. The van der Waals surface area contributed by atoms with Crippen molar-refractivity contribution in [2.24, 2.45) is 43.3 Å². The van der Waals surface area contributed by atoms with Gasteiger partial charge in [-0.3, -0.25) is 28.7 Å². The summed E-state index contributed by atoms with van der Waals surface area (Å²) in [5, 5.41) is 102. The summed E-state index contributed by atoms with van der Waals surface area (Å²) in [4.78, 5) is 65.0. The van der Waals surface area contributed by atoms with Gasteiger partial charge >= 0.3 is 18.1 Å². The number of rotatable bonds is 32. The smallest absolute Gasteiger partial charge is 0.481 e. The molecule has 6 aliphatic heterocycles. The van der Waals surface area contributed by atoms with Crippen LogP contribution in [-0.2, 0) is 38.0 Å². The number of aliphatic imine (C=N–C) groups is 2. The maximum absolute atomic E-state index is 12.6. The number of anilines is 2. The van der Waals surface area contributed by atoms with Crippen LogP contribution in [0.5, 0.6) is 0 Å². The lowest BCUT2D eigenvalue weighted by Gasteiger charge is -2.32. The molecule has 37 heteroatoms. The molecule has 0 spiro atoms. The molecule has 2 aromatic heterocycles. The first-order valence-electron chi connectivity index (χ1n) is 42.0. The second kappa shape index (κ2) is 45.8. The number of fused-ring (bicyclic) bond motifs is 3. The second-order valence-corrected chi connectivity index (χ2v) is 52.7. The third kappa shape index (κ3) is 29.2. The molecule has 4 saturated heterocycles. The summed E-state index contributed by atoms with van der Waals surface area (Å²) < 4.78 is 37.4. The molecule has 4 fully saturated rings. The number of aliphatic carboxylic acids is 1. The van der Waals surface area contributed by atoms with Gasteiger partial charge in [0.25, 0.3) is 0 Å². The molecule has 0 amide bonds. The number of hydrogen-bond acceptors (Lipinski definition) is 30. The van der Waals surface area contributed by atoms with Crippen molar-refractivity contribution >= 4 is 94.1 Å². The second-order valence-electron chi connectivity index (χ2n) is 35.4. The molecular formula is C88H134N14O19P4. The topological polar surface area (TPSA) is 505 Å². The number of carbonyl (C=O) groups is 3. The Balaban J connectivity index is 0.000000216. The van der Waals surface area contributed by atoms with Gasteiger partial charge in [0.05, 0.1) is 41.8 Å². The zero-order valence-electron chi connectivity index (χ0n) is 73.9. The summed E-state index contributed by atoms with van der Waals surface area (Å²) in [6, 6.07) is 19.2. The van der Waals surface area contributed by atoms with E-state index in [2.05, 4.69) is 146 Å². The third-order valence-corrected chi connectivity index (χ3v) is 28.0. The fraction of sp³-hybridized carbons (Fsp3) is 0.557. The summed E-state index contributed by atoms with van der Waals surface area (Å²) in [6.45, 7) is 25.5. The minimum Gasteiger partial charge on any atom is -0.481 e. The molecule has 4 aromatic rings. The Bertz CT molecular complexity index is 4940. The van der Waals surface area contributed by atoms with Gasteiger partial charge in [-0.25, -0.2) is 14.8 Å². The van der Waals surface area contributed by atoms with Crippen molar-refractivity contribution in [1.29, 1.82) is 0 Å².